The molecular weight excluding hydrogens is 405 g/mol. The highest BCUT2D eigenvalue weighted by Crippen LogP contribution is 2.31. The number of ether oxygens (including phenoxy) is 2. The number of nitrogens with zero attached hydrogens (tertiary/aromatic N) is 3. The van der Waals surface area contributed by atoms with Crippen LogP contribution in [-0.2, 0) is 12.7 Å². The summed E-state index contributed by atoms with van der Waals surface area (Å²) in [5.41, 5.74) is -0.651. The first kappa shape index (κ1) is 21.0. The van der Waals surface area contributed by atoms with Crippen molar-refractivity contribution in [1.29, 1.82) is 0 Å². The Morgan fingerprint density at radius 3 is 2.53 bits per heavy atom. The fraction of sp³-hybridized carbons (Fsp3) is 0.211. The number of alkyl halides is 3. The molecule has 1 heterocycles. The van der Waals surface area contributed by atoms with Crippen molar-refractivity contribution in [2.45, 2.75) is 12.7 Å². The topological polar surface area (TPSA) is 98.5 Å². The normalized spacial score (nSPS) is 11.2. The zero-order valence-electron chi connectivity index (χ0n) is 15.9. The number of hydrogen-bond acceptors (Lipinski definition) is 6. The van der Waals surface area contributed by atoms with E-state index in [1.165, 1.54) is 20.3 Å². The van der Waals surface area contributed by atoms with Crippen molar-refractivity contribution in [2.24, 2.45) is 0 Å². The van der Waals surface area contributed by atoms with Gasteiger partial charge in [-0.2, -0.15) is 13.2 Å². The van der Waals surface area contributed by atoms with Crippen LogP contribution in [0.25, 0.3) is 0 Å². The number of amides is 1. The zero-order chi connectivity index (χ0) is 21.9. The molecule has 8 nitrogen and oxygen atoms in total. The van der Waals surface area contributed by atoms with Crippen molar-refractivity contribution in [3.63, 3.8) is 0 Å². The first-order valence-electron chi connectivity index (χ1n) is 8.55. The summed E-state index contributed by atoms with van der Waals surface area (Å²) in [5, 5.41) is 19.5. The molecule has 3 aromatic rings. The lowest BCUT2D eigenvalue weighted by Gasteiger charge is -2.12. The van der Waals surface area contributed by atoms with Gasteiger partial charge in [0.25, 0.3) is 11.8 Å². The molecule has 0 aliphatic carbocycles. The van der Waals surface area contributed by atoms with Crippen molar-refractivity contribution in [3.8, 4) is 17.4 Å². The van der Waals surface area contributed by atoms with Gasteiger partial charge in [-0.05, 0) is 35.9 Å². The molecule has 11 heteroatoms. The second-order valence-corrected chi connectivity index (χ2v) is 6.14. The fourth-order valence-electron chi connectivity index (χ4n) is 2.75. The SMILES string of the molecule is COc1ccc(Cn2nnc(O)c2C(=O)Nc2cccc(C(F)(F)F)c2)cc1OC. The second kappa shape index (κ2) is 8.31. The number of benzene rings is 2. The van der Waals surface area contributed by atoms with Crippen LogP contribution in [0.15, 0.2) is 42.5 Å². The minimum Gasteiger partial charge on any atom is -0.493 e. The minimum absolute atomic E-state index is 0.0409. The standard InChI is InChI=1S/C19H17F3N4O4/c1-29-14-7-6-11(8-15(14)30-2)10-26-16(18(28)24-25-26)17(27)23-13-5-3-4-12(9-13)19(20,21)22/h3-9,28H,10H2,1-2H3,(H,23,27). The first-order valence-corrected chi connectivity index (χ1v) is 8.55. The predicted octanol–water partition coefficient (Wildman–Crippen LogP) is 3.32. The summed E-state index contributed by atoms with van der Waals surface area (Å²) in [4.78, 5) is 12.6. The molecule has 0 fully saturated rings. The average Bonchev–Trinajstić information content (AvgIpc) is 3.07. The summed E-state index contributed by atoms with van der Waals surface area (Å²) < 4.78 is 50.1. The summed E-state index contributed by atoms with van der Waals surface area (Å²) in [6.45, 7) is 0.0409. The van der Waals surface area contributed by atoms with Crippen LogP contribution in [0.4, 0.5) is 18.9 Å². The summed E-state index contributed by atoms with van der Waals surface area (Å²) in [7, 11) is 2.96. The molecule has 0 saturated heterocycles. The summed E-state index contributed by atoms with van der Waals surface area (Å²) >= 11 is 0. The third-order valence-corrected chi connectivity index (χ3v) is 4.16. The van der Waals surface area contributed by atoms with E-state index in [0.29, 0.717) is 17.1 Å². The molecule has 30 heavy (non-hydrogen) atoms. The summed E-state index contributed by atoms with van der Waals surface area (Å²) in [5.74, 6) is -0.559. The van der Waals surface area contributed by atoms with E-state index < -0.39 is 23.5 Å². The number of hydrogen-bond donors (Lipinski definition) is 2. The maximum Gasteiger partial charge on any atom is 0.416 e. The fourth-order valence-corrected chi connectivity index (χ4v) is 2.75. The highest BCUT2D eigenvalue weighted by Gasteiger charge is 2.30. The Bertz CT molecular complexity index is 1070. The van der Waals surface area contributed by atoms with Gasteiger partial charge in [-0.15, -0.1) is 0 Å². The van der Waals surface area contributed by atoms with Crippen molar-refractivity contribution in [2.75, 3.05) is 19.5 Å². The van der Waals surface area contributed by atoms with Gasteiger partial charge in [0, 0.05) is 5.69 Å². The molecule has 158 valence electrons. The number of nitrogens with one attached hydrogen (secondary N) is 1. The highest BCUT2D eigenvalue weighted by atomic mass is 19.4. The smallest absolute Gasteiger partial charge is 0.416 e. The molecule has 0 saturated carbocycles. The molecule has 2 N–H and O–H groups in total. The lowest BCUT2D eigenvalue weighted by molar-refractivity contribution is -0.137. The number of aromatic hydroxyl groups is 1. The maximum atomic E-state index is 12.9. The number of carbonyl (C=O) groups is 1. The monoisotopic (exact) mass is 422 g/mol. The molecule has 2 aromatic carbocycles. The van der Waals surface area contributed by atoms with Crippen LogP contribution in [0.3, 0.4) is 0 Å². The van der Waals surface area contributed by atoms with Crippen molar-refractivity contribution in [3.05, 3.63) is 59.3 Å². The van der Waals surface area contributed by atoms with Gasteiger partial charge in [0.1, 0.15) is 0 Å². The Morgan fingerprint density at radius 1 is 1.13 bits per heavy atom. The molecule has 0 bridgehead atoms. The van der Waals surface area contributed by atoms with Gasteiger partial charge in [0.05, 0.1) is 26.3 Å². The Balaban J connectivity index is 1.85. The molecule has 0 spiro atoms. The van der Waals surface area contributed by atoms with Crippen molar-refractivity contribution >= 4 is 11.6 Å². The van der Waals surface area contributed by atoms with Crippen LogP contribution in [0.5, 0.6) is 17.4 Å². The Morgan fingerprint density at radius 2 is 1.87 bits per heavy atom. The second-order valence-electron chi connectivity index (χ2n) is 6.14. The number of methoxy groups -OCH3 is 2. The van der Waals surface area contributed by atoms with Crippen LogP contribution >= 0.6 is 0 Å². The molecule has 3 rings (SSSR count). The van der Waals surface area contributed by atoms with Crippen LogP contribution in [0, 0.1) is 0 Å². The van der Waals surface area contributed by atoms with Crippen LogP contribution in [0.1, 0.15) is 21.6 Å². The number of aromatic nitrogens is 3. The van der Waals surface area contributed by atoms with E-state index in [0.717, 1.165) is 22.9 Å². The van der Waals surface area contributed by atoms with Crippen LogP contribution in [0.2, 0.25) is 0 Å². The molecule has 1 aromatic heterocycles. The van der Waals surface area contributed by atoms with E-state index in [2.05, 4.69) is 15.6 Å². The highest BCUT2D eigenvalue weighted by molar-refractivity contribution is 6.04. The van der Waals surface area contributed by atoms with Crippen LogP contribution < -0.4 is 14.8 Å². The maximum absolute atomic E-state index is 12.9. The number of carbonyl (C=O) groups excluding carboxylic acids is 1. The quantitative estimate of drug-likeness (QED) is 0.633. The minimum atomic E-state index is -4.56. The lowest BCUT2D eigenvalue weighted by Crippen LogP contribution is -2.19. The Hall–Kier alpha value is -3.76. The number of halogens is 3. The molecule has 0 aliphatic rings. The van der Waals surface area contributed by atoms with Crippen LogP contribution in [-0.4, -0.2) is 40.2 Å². The molecule has 0 radical (unpaired) electrons. The van der Waals surface area contributed by atoms with E-state index >= 15 is 0 Å². The third kappa shape index (κ3) is 4.45. The molecule has 0 atom stereocenters. The number of rotatable bonds is 6. The van der Waals surface area contributed by atoms with E-state index in [1.54, 1.807) is 18.2 Å². The number of anilines is 1. The molecule has 0 aliphatic heterocycles. The molecular formula is C19H17F3N4O4. The average molecular weight is 422 g/mol. The largest absolute Gasteiger partial charge is 0.493 e. The van der Waals surface area contributed by atoms with E-state index in [-0.39, 0.29) is 17.9 Å². The third-order valence-electron chi connectivity index (χ3n) is 4.16. The van der Waals surface area contributed by atoms with Gasteiger partial charge < -0.3 is 19.9 Å². The molecule has 0 unspecified atom stereocenters. The van der Waals surface area contributed by atoms with E-state index in [1.807, 2.05) is 0 Å². The zero-order valence-corrected chi connectivity index (χ0v) is 15.9. The van der Waals surface area contributed by atoms with Gasteiger partial charge in [-0.1, -0.05) is 22.4 Å². The van der Waals surface area contributed by atoms with Gasteiger partial charge in [-0.25, -0.2) is 4.68 Å². The Kier molecular flexibility index (Phi) is 5.81. The first-order chi connectivity index (χ1) is 14.2. The van der Waals surface area contributed by atoms with Crippen molar-refractivity contribution in [1.82, 2.24) is 15.0 Å². The van der Waals surface area contributed by atoms with Crippen molar-refractivity contribution < 1.29 is 32.5 Å². The molecule has 1 amide bonds. The Labute approximate surface area is 168 Å². The predicted molar refractivity (Wildman–Crippen MR) is 99.7 cm³/mol. The van der Waals surface area contributed by atoms with E-state index in [4.69, 9.17) is 9.47 Å². The van der Waals surface area contributed by atoms with Gasteiger partial charge in [0.15, 0.2) is 17.2 Å². The van der Waals surface area contributed by atoms with E-state index in [9.17, 15) is 23.1 Å². The van der Waals surface area contributed by atoms with Gasteiger partial charge >= 0.3 is 6.18 Å². The summed E-state index contributed by atoms with van der Waals surface area (Å²) in [6, 6.07) is 9.16. The van der Waals surface area contributed by atoms with Gasteiger partial charge in [-0.3, -0.25) is 4.79 Å². The lowest BCUT2D eigenvalue weighted by atomic mass is 10.2. The summed E-state index contributed by atoms with van der Waals surface area (Å²) in [6.07, 6.45) is -4.56. The van der Waals surface area contributed by atoms with Gasteiger partial charge in [0.2, 0.25) is 0 Å².